The first kappa shape index (κ1) is 13.7. The molecule has 0 spiro atoms. The van der Waals surface area contributed by atoms with Crippen LogP contribution in [-0.2, 0) is 0 Å². The van der Waals surface area contributed by atoms with Crippen LogP contribution in [0.25, 0.3) is 0 Å². The van der Waals surface area contributed by atoms with Crippen LogP contribution in [0.1, 0.15) is 10.4 Å². The summed E-state index contributed by atoms with van der Waals surface area (Å²) in [5, 5.41) is 21.1. The Labute approximate surface area is 114 Å². The maximum Gasteiger partial charge on any atom is 0.255 e. The number of rotatable bonds is 3. The average Bonchev–Trinajstić information content (AvgIpc) is 2.37. The van der Waals surface area contributed by atoms with E-state index in [4.69, 9.17) is 4.74 Å². The number of benzene rings is 2. The third kappa shape index (κ3) is 2.97. The number of methoxy groups -OCH3 is 1. The fourth-order valence-electron chi connectivity index (χ4n) is 1.67. The normalized spacial score (nSPS) is 10.1. The first-order valence-electron chi connectivity index (χ1n) is 5.67. The molecule has 0 atom stereocenters. The Morgan fingerprint density at radius 2 is 1.80 bits per heavy atom. The summed E-state index contributed by atoms with van der Waals surface area (Å²) in [6, 6.07) is 7.44. The lowest BCUT2D eigenvalue weighted by Crippen LogP contribution is -2.11. The number of ether oxygens (including phenoxy) is 1. The Morgan fingerprint density at radius 3 is 2.35 bits per heavy atom. The van der Waals surface area contributed by atoms with Gasteiger partial charge in [-0.2, -0.15) is 0 Å². The second-order valence-electron chi connectivity index (χ2n) is 4.04. The lowest BCUT2D eigenvalue weighted by molar-refractivity contribution is 0.102. The smallest absolute Gasteiger partial charge is 0.255 e. The summed E-state index contributed by atoms with van der Waals surface area (Å²) in [5.74, 6) is -1.60. The molecule has 0 saturated carbocycles. The molecule has 0 radical (unpaired) electrons. The lowest BCUT2D eigenvalue weighted by Gasteiger charge is -2.08. The van der Waals surface area contributed by atoms with E-state index in [1.54, 1.807) is 0 Å². The van der Waals surface area contributed by atoms with E-state index in [9.17, 15) is 19.4 Å². The van der Waals surface area contributed by atoms with Crippen LogP contribution in [0.3, 0.4) is 0 Å². The summed E-state index contributed by atoms with van der Waals surface area (Å²) in [4.78, 5) is 11.9. The molecule has 1 amide bonds. The maximum absolute atomic E-state index is 13.5. The number of aromatic hydroxyl groups is 2. The van der Waals surface area contributed by atoms with Gasteiger partial charge in [0.2, 0.25) is 0 Å². The molecule has 2 aromatic rings. The van der Waals surface area contributed by atoms with Crippen LogP contribution in [0.15, 0.2) is 36.4 Å². The van der Waals surface area contributed by atoms with E-state index in [0.29, 0.717) is 0 Å². The highest BCUT2D eigenvalue weighted by Gasteiger charge is 2.10. The van der Waals surface area contributed by atoms with Crippen molar-refractivity contribution in [2.75, 3.05) is 12.4 Å². The van der Waals surface area contributed by atoms with Gasteiger partial charge in [-0.15, -0.1) is 0 Å². The summed E-state index contributed by atoms with van der Waals surface area (Å²) in [5.41, 5.74) is 0.287. The molecule has 0 aromatic heterocycles. The summed E-state index contributed by atoms with van der Waals surface area (Å²) < 4.78 is 18.2. The molecule has 0 bridgehead atoms. The highest BCUT2D eigenvalue weighted by Crippen LogP contribution is 2.23. The minimum absolute atomic E-state index is 0.0544. The second kappa shape index (κ2) is 5.48. The van der Waals surface area contributed by atoms with E-state index >= 15 is 0 Å². The summed E-state index contributed by atoms with van der Waals surface area (Å²) in [7, 11) is 1.34. The molecular weight excluding hydrogens is 265 g/mol. The van der Waals surface area contributed by atoms with E-state index in [1.165, 1.54) is 31.4 Å². The van der Waals surface area contributed by atoms with Crippen molar-refractivity contribution in [3.8, 4) is 17.2 Å². The van der Waals surface area contributed by atoms with E-state index in [1.807, 2.05) is 0 Å². The molecule has 0 aliphatic heterocycles. The Kier molecular flexibility index (Phi) is 3.74. The molecule has 0 fully saturated rings. The lowest BCUT2D eigenvalue weighted by atomic mass is 10.2. The molecule has 0 aliphatic rings. The second-order valence-corrected chi connectivity index (χ2v) is 4.04. The molecule has 2 rings (SSSR count). The van der Waals surface area contributed by atoms with Crippen LogP contribution in [0.5, 0.6) is 17.2 Å². The van der Waals surface area contributed by atoms with Gasteiger partial charge in [-0.1, -0.05) is 0 Å². The summed E-state index contributed by atoms with van der Waals surface area (Å²) >= 11 is 0. The minimum Gasteiger partial charge on any atom is -0.508 e. The SMILES string of the molecule is COc1ccc(NC(=O)c2cc(O)cc(O)c2)cc1F. The molecule has 0 heterocycles. The molecule has 2 aromatic carbocycles. The monoisotopic (exact) mass is 277 g/mol. The molecule has 6 heteroatoms. The van der Waals surface area contributed by atoms with Crippen molar-refractivity contribution in [1.82, 2.24) is 0 Å². The highest BCUT2D eigenvalue weighted by molar-refractivity contribution is 6.04. The van der Waals surface area contributed by atoms with Crippen molar-refractivity contribution in [3.63, 3.8) is 0 Å². The van der Waals surface area contributed by atoms with E-state index < -0.39 is 11.7 Å². The predicted octanol–water partition coefficient (Wildman–Crippen LogP) is 2.50. The predicted molar refractivity (Wildman–Crippen MR) is 70.7 cm³/mol. The molecular formula is C14H12FNO4. The molecule has 5 nitrogen and oxygen atoms in total. The van der Waals surface area contributed by atoms with Gasteiger partial charge in [-0.05, 0) is 24.3 Å². The van der Waals surface area contributed by atoms with Gasteiger partial charge in [0.05, 0.1) is 7.11 Å². The van der Waals surface area contributed by atoms with E-state index in [0.717, 1.165) is 12.1 Å². The Balaban J connectivity index is 2.21. The van der Waals surface area contributed by atoms with Crippen molar-refractivity contribution in [1.29, 1.82) is 0 Å². The van der Waals surface area contributed by atoms with Gasteiger partial charge in [0.15, 0.2) is 11.6 Å². The zero-order valence-corrected chi connectivity index (χ0v) is 10.6. The Morgan fingerprint density at radius 1 is 1.15 bits per heavy atom. The topological polar surface area (TPSA) is 78.8 Å². The number of phenols is 2. The van der Waals surface area contributed by atoms with Crippen LogP contribution < -0.4 is 10.1 Å². The van der Waals surface area contributed by atoms with Crippen molar-refractivity contribution in [3.05, 3.63) is 47.8 Å². The number of phenolic OH excluding ortho intramolecular Hbond substituents is 2. The van der Waals surface area contributed by atoms with E-state index in [-0.39, 0.29) is 28.5 Å². The van der Waals surface area contributed by atoms with Gasteiger partial charge >= 0.3 is 0 Å². The standard InChI is InChI=1S/C14H12FNO4/c1-20-13-3-2-9(6-12(13)15)16-14(19)8-4-10(17)7-11(18)5-8/h2-7,17-18H,1H3,(H,16,19). The van der Waals surface area contributed by atoms with Crippen molar-refractivity contribution < 1.29 is 24.1 Å². The molecule has 3 N–H and O–H groups in total. The highest BCUT2D eigenvalue weighted by atomic mass is 19.1. The summed E-state index contributed by atoms with van der Waals surface area (Å²) in [6.45, 7) is 0. The van der Waals surface area contributed by atoms with Crippen LogP contribution in [0, 0.1) is 5.82 Å². The number of carbonyl (C=O) groups excluding carboxylic acids is 1. The minimum atomic E-state index is -0.607. The molecule has 104 valence electrons. The van der Waals surface area contributed by atoms with Gasteiger partial charge in [0, 0.05) is 23.4 Å². The number of hydrogen-bond acceptors (Lipinski definition) is 4. The summed E-state index contributed by atoms with van der Waals surface area (Å²) in [6.07, 6.45) is 0. The van der Waals surface area contributed by atoms with Crippen LogP contribution >= 0.6 is 0 Å². The molecule has 20 heavy (non-hydrogen) atoms. The fraction of sp³-hybridized carbons (Fsp3) is 0.0714. The molecule has 0 unspecified atom stereocenters. The van der Waals surface area contributed by atoms with Gasteiger partial charge < -0.3 is 20.3 Å². The third-order valence-electron chi connectivity index (χ3n) is 2.57. The largest absolute Gasteiger partial charge is 0.508 e. The van der Waals surface area contributed by atoms with Crippen LogP contribution in [0.4, 0.5) is 10.1 Å². The number of halogens is 1. The number of amides is 1. The first-order valence-corrected chi connectivity index (χ1v) is 5.67. The number of anilines is 1. The van der Waals surface area contributed by atoms with Gasteiger partial charge in [0.25, 0.3) is 5.91 Å². The zero-order valence-electron chi connectivity index (χ0n) is 10.6. The van der Waals surface area contributed by atoms with Crippen LogP contribution in [-0.4, -0.2) is 23.2 Å². The maximum atomic E-state index is 13.5. The van der Waals surface area contributed by atoms with Crippen molar-refractivity contribution >= 4 is 11.6 Å². The van der Waals surface area contributed by atoms with Gasteiger partial charge in [-0.25, -0.2) is 4.39 Å². The van der Waals surface area contributed by atoms with Crippen molar-refractivity contribution in [2.24, 2.45) is 0 Å². The van der Waals surface area contributed by atoms with Crippen molar-refractivity contribution in [2.45, 2.75) is 0 Å². The molecule has 0 saturated heterocycles. The first-order chi connectivity index (χ1) is 9.49. The number of hydrogen-bond donors (Lipinski definition) is 3. The van der Waals surface area contributed by atoms with Crippen LogP contribution in [0.2, 0.25) is 0 Å². The average molecular weight is 277 g/mol. The third-order valence-corrected chi connectivity index (χ3v) is 2.57. The Bertz CT molecular complexity index is 637. The van der Waals surface area contributed by atoms with E-state index in [2.05, 4.69) is 5.32 Å². The quantitative estimate of drug-likeness (QED) is 0.805. The molecule has 0 aliphatic carbocycles. The van der Waals surface area contributed by atoms with Gasteiger partial charge in [0.1, 0.15) is 11.5 Å². The number of nitrogens with one attached hydrogen (secondary N) is 1. The van der Waals surface area contributed by atoms with Gasteiger partial charge in [-0.3, -0.25) is 4.79 Å². The Hall–Kier alpha value is -2.76. The number of carbonyl (C=O) groups is 1. The fourth-order valence-corrected chi connectivity index (χ4v) is 1.67. The zero-order chi connectivity index (χ0) is 14.7.